The molecule has 1 amide bonds. The van der Waals surface area contributed by atoms with Crippen LogP contribution in [0.3, 0.4) is 0 Å². The summed E-state index contributed by atoms with van der Waals surface area (Å²) in [6.07, 6.45) is 0. The van der Waals surface area contributed by atoms with Gasteiger partial charge in [0.1, 0.15) is 0 Å². The minimum absolute atomic E-state index is 0.0890. The first-order valence-electron chi connectivity index (χ1n) is 11.9. The van der Waals surface area contributed by atoms with Crippen molar-refractivity contribution >= 4 is 33.5 Å². The highest BCUT2D eigenvalue weighted by atomic mass is 16.5. The summed E-state index contributed by atoms with van der Waals surface area (Å²) in [6.45, 7) is 7.52. The lowest BCUT2D eigenvalue weighted by atomic mass is 10.1. The number of methoxy groups -OCH3 is 2. The first kappa shape index (κ1) is 25.1. The Morgan fingerprint density at radius 1 is 1.00 bits per heavy atom. The predicted octanol–water partition coefficient (Wildman–Crippen LogP) is 3.08. The van der Waals surface area contributed by atoms with Crippen LogP contribution < -0.4 is 20.8 Å². The van der Waals surface area contributed by atoms with E-state index in [2.05, 4.69) is 33.7 Å². The van der Waals surface area contributed by atoms with E-state index in [0.717, 1.165) is 19.6 Å². The van der Waals surface area contributed by atoms with Crippen molar-refractivity contribution in [3.05, 3.63) is 46.2 Å². The highest BCUT2D eigenvalue weighted by molar-refractivity contribution is 6.04. The van der Waals surface area contributed by atoms with Crippen molar-refractivity contribution in [1.29, 1.82) is 0 Å². The molecule has 4 N–H and O–H groups in total. The molecule has 190 valence electrons. The van der Waals surface area contributed by atoms with E-state index in [1.54, 1.807) is 42.3 Å². The summed E-state index contributed by atoms with van der Waals surface area (Å²) >= 11 is 0. The summed E-state index contributed by atoms with van der Waals surface area (Å²) in [5, 5.41) is 0.654. The molecule has 10 nitrogen and oxygen atoms in total. The van der Waals surface area contributed by atoms with Crippen molar-refractivity contribution in [2.24, 2.45) is 0 Å². The molecule has 36 heavy (non-hydrogen) atoms. The van der Waals surface area contributed by atoms with Crippen molar-refractivity contribution in [3.63, 3.8) is 0 Å². The minimum Gasteiger partial charge on any atom is -0.493 e. The lowest BCUT2D eigenvalue weighted by Crippen LogP contribution is -2.36. The van der Waals surface area contributed by atoms with Crippen molar-refractivity contribution in [3.8, 4) is 22.9 Å². The van der Waals surface area contributed by atoms with Gasteiger partial charge in [-0.25, -0.2) is 4.98 Å². The number of hydrogen-bond acceptors (Lipinski definition) is 7. The zero-order valence-electron chi connectivity index (χ0n) is 21.3. The Balaban J connectivity index is 1.70. The number of benzene rings is 2. The Bertz CT molecular complexity index is 1470. The molecule has 0 spiro atoms. The number of aromatic nitrogens is 3. The summed E-state index contributed by atoms with van der Waals surface area (Å²) in [4.78, 5) is 40.5. The summed E-state index contributed by atoms with van der Waals surface area (Å²) in [6, 6.07) is 8.66. The molecule has 2 aromatic carbocycles. The maximum atomic E-state index is 13.0. The van der Waals surface area contributed by atoms with Gasteiger partial charge >= 0.3 is 0 Å². The second-order valence-corrected chi connectivity index (χ2v) is 8.57. The molecule has 4 aromatic rings. The lowest BCUT2D eigenvalue weighted by molar-refractivity contribution is 0.0780. The van der Waals surface area contributed by atoms with Gasteiger partial charge in [0.05, 0.1) is 36.6 Å². The van der Waals surface area contributed by atoms with Crippen LogP contribution in [0.1, 0.15) is 24.2 Å². The number of nitrogens with zero attached hydrogens (tertiary/aromatic N) is 3. The first-order valence-corrected chi connectivity index (χ1v) is 11.9. The normalized spacial score (nSPS) is 11.4. The third-order valence-corrected chi connectivity index (χ3v) is 6.51. The van der Waals surface area contributed by atoms with Gasteiger partial charge in [0.2, 0.25) is 0 Å². The molecule has 2 heterocycles. The molecule has 0 radical (unpaired) electrons. The molecule has 0 aliphatic rings. The number of H-pyrrole nitrogens is 2. The number of aromatic amines is 2. The fourth-order valence-corrected chi connectivity index (χ4v) is 4.27. The average molecular weight is 493 g/mol. The van der Waals surface area contributed by atoms with E-state index in [9.17, 15) is 9.59 Å². The maximum absolute atomic E-state index is 13.0. The number of anilines is 1. The van der Waals surface area contributed by atoms with Gasteiger partial charge in [0.25, 0.3) is 11.5 Å². The van der Waals surface area contributed by atoms with E-state index in [-0.39, 0.29) is 11.6 Å². The molecule has 2 aromatic heterocycles. The van der Waals surface area contributed by atoms with Crippen LogP contribution in [0, 0.1) is 0 Å². The first-order chi connectivity index (χ1) is 17.3. The van der Waals surface area contributed by atoms with Crippen LogP contribution in [0.5, 0.6) is 11.5 Å². The SMILES string of the molecule is CCN(CC)CCN(C)C(=O)c1ccc2[nH]c(-c3nc4cc(OC)c(OC)cc4[nH]c3=O)c(N)c2c1. The number of hydrogen-bond donors (Lipinski definition) is 3. The van der Waals surface area contributed by atoms with Crippen LogP contribution in [0.2, 0.25) is 0 Å². The molecular weight excluding hydrogens is 460 g/mol. The van der Waals surface area contributed by atoms with E-state index in [1.807, 2.05) is 0 Å². The van der Waals surface area contributed by atoms with Crippen molar-refractivity contribution in [1.82, 2.24) is 24.8 Å². The quantitative estimate of drug-likeness (QED) is 0.327. The monoisotopic (exact) mass is 492 g/mol. The Morgan fingerprint density at radius 2 is 1.69 bits per heavy atom. The molecule has 0 saturated heterocycles. The Kier molecular flexibility index (Phi) is 7.16. The van der Waals surface area contributed by atoms with E-state index >= 15 is 0 Å². The highest BCUT2D eigenvalue weighted by Gasteiger charge is 2.19. The lowest BCUT2D eigenvalue weighted by Gasteiger charge is -2.23. The fraction of sp³-hybridized carbons (Fsp3) is 0.346. The molecule has 10 heteroatoms. The standard InChI is InChI=1S/C26H32N6O4/c1-6-32(7-2)11-10-31(3)26(34)15-8-9-17-16(12-15)22(27)23(28-17)24-25(33)30-19-14-21(36-5)20(35-4)13-18(19)29-24/h8-9,12-14,28H,6-7,10-11,27H2,1-5H3,(H,30,33). The fourth-order valence-electron chi connectivity index (χ4n) is 4.27. The number of ether oxygens (including phenoxy) is 2. The van der Waals surface area contributed by atoms with Gasteiger partial charge in [-0.1, -0.05) is 13.8 Å². The summed E-state index contributed by atoms with van der Waals surface area (Å²) in [7, 11) is 4.85. The molecule has 0 aliphatic heterocycles. The second-order valence-electron chi connectivity index (χ2n) is 8.57. The zero-order chi connectivity index (χ0) is 26.0. The van der Waals surface area contributed by atoms with Gasteiger partial charge < -0.3 is 35.0 Å². The molecule has 4 rings (SSSR count). The number of carbonyl (C=O) groups is 1. The van der Waals surface area contributed by atoms with E-state index in [1.165, 1.54) is 14.2 Å². The highest BCUT2D eigenvalue weighted by Crippen LogP contribution is 2.34. The molecule has 0 aliphatic carbocycles. The van der Waals surface area contributed by atoms with Crippen molar-refractivity contribution < 1.29 is 14.3 Å². The van der Waals surface area contributed by atoms with Crippen LogP contribution in [-0.2, 0) is 0 Å². The summed E-state index contributed by atoms with van der Waals surface area (Å²) < 4.78 is 10.7. The molecule has 0 saturated carbocycles. The Labute approximate surface area is 209 Å². The number of carbonyl (C=O) groups excluding carboxylic acids is 1. The molecule has 0 fully saturated rings. The van der Waals surface area contributed by atoms with Crippen LogP contribution in [-0.4, -0.2) is 78.1 Å². The predicted molar refractivity (Wildman–Crippen MR) is 142 cm³/mol. The number of rotatable bonds is 9. The number of nitrogens with one attached hydrogen (secondary N) is 2. The number of likely N-dealkylation sites (N-methyl/N-ethyl adjacent to an activating group) is 2. The number of nitrogen functional groups attached to an aromatic ring is 1. The zero-order valence-corrected chi connectivity index (χ0v) is 21.3. The number of amides is 1. The Morgan fingerprint density at radius 3 is 2.36 bits per heavy atom. The molecule has 0 atom stereocenters. The molecule has 0 unspecified atom stereocenters. The van der Waals surface area contributed by atoms with E-state index < -0.39 is 5.56 Å². The third kappa shape index (κ3) is 4.59. The topological polar surface area (TPSA) is 130 Å². The number of fused-ring (bicyclic) bond motifs is 2. The number of nitrogens with two attached hydrogens (primary N) is 1. The van der Waals surface area contributed by atoms with Crippen LogP contribution in [0.4, 0.5) is 5.69 Å². The van der Waals surface area contributed by atoms with Crippen molar-refractivity contribution in [2.75, 3.05) is 53.2 Å². The Hall–Kier alpha value is -4.05. The summed E-state index contributed by atoms with van der Waals surface area (Å²) in [5.74, 6) is 0.891. The van der Waals surface area contributed by atoms with Gasteiger partial charge in [-0.15, -0.1) is 0 Å². The smallest absolute Gasteiger partial charge is 0.276 e. The largest absolute Gasteiger partial charge is 0.493 e. The van der Waals surface area contributed by atoms with Gasteiger partial charge in [-0.3, -0.25) is 9.59 Å². The molecule has 0 bridgehead atoms. The van der Waals surface area contributed by atoms with Crippen LogP contribution in [0.25, 0.3) is 33.3 Å². The van der Waals surface area contributed by atoms with Gasteiger partial charge in [0, 0.05) is 48.7 Å². The average Bonchev–Trinajstić information content (AvgIpc) is 3.22. The minimum atomic E-state index is -0.402. The van der Waals surface area contributed by atoms with E-state index in [0.29, 0.717) is 56.9 Å². The van der Waals surface area contributed by atoms with Crippen LogP contribution >= 0.6 is 0 Å². The van der Waals surface area contributed by atoms with Crippen molar-refractivity contribution in [2.45, 2.75) is 13.8 Å². The van der Waals surface area contributed by atoms with Crippen LogP contribution in [0.15, 0.2) is 35.1 Å². The van der Waals surface area contributed by atoms with Gasteiger partial charge in [-0.05, 0) is 31.3 Å². The molecular formula is C26H32N6O4. The van der Waals surface area contributed by atoms with E-state index in [4.69, 9.17) is 15.2 Å². The van der Waals surface area contributed by atoms with Gasteiger partial charge in [0.15, 0.2) is 17.2 Å². The second kappa shape index (κ2) is 10.3. The van der Waals surface area contributed by atoms with Gasteiger partial charge in [-0.2, -0.15) is 0 Å². The maximum Gasteiger partial charge on any atom is 0.276 e. The third-order valence-electron chi connectivity index (χ3n) is 6.51. The summed E-state index contributed by atoms with van der Waals surface area (Å²) in [5.41, 5.74) is 9.21.